The van der Waals surface area contributed by atoms with Gasteiger partial charge in [-0.25, -0.2) is 0 Å². The van der Waals surface area contributed by atoms with Crippen LogP contribution in [-0.4, -0.2) is 24.7 Å². The molecule has 0 unspecified atom stereocenters. The van der Waals surface area contributed by atoms with Crippen LogP contribution in [0.5, 0.6) is 0 Å². The number of thiocarbonyl (C=S) groups is 1. The van der Waals surface area contributed by atoms with E-state index in [9.17, 15) is 4.79 Å². The van der Waals surface area contributed by atoms with Gasteiger partial charge in [-0.2, -0.15) is 0 Å². The summed E-state index contributed by atoms with van der Waals surface area (Å²) in [4.78, 5) is 13.3. The molecular formula is C22H28N2O2S. The molecule has 2 aromatic carbocycles. The normalized spacial score (nSPS) is 10.3. The molecule has 0 saturated carbocycles. The first-order valence-electron chi connectivity index (χ1n) is 9.33. The van der Waals surface area contributed by atoms with Gasteiger partial charge < -0.3 is 15.0 Å². The number of nitrogens with zero attached hydrogens (tertiary/aromatic N) is 1. The van der Waals surface area contributed by atoms with Crippen LogP contribution in [0, 0.1) is 6.92 Å². The molecule has 0 heterocycles. The zero-order chi connectivity index (χ0) is 19.5. The van der Waals surface area contributed by atoms with Gasteiger partial charge in [0.05, 0.1) is 13.7 Å². The van der Waals surface area contributed by atoms with Crippen LogP contribution < -0.4 is 10.2 Å². The SMILES string of the molecule is COC(=O)CCCCCNC(=S)N(Cc1ccccc1)c1cccc(C)c1. The van der Waals surface area contributed by atoms with Gasteiger partial charge in [0.15, 0.2) is 5.11 Å². The smallest absolute Gasteiger partial charge is 0.305 e. The fraction of sp³-hybridized carbons (Fsp3) is 0.364. The number of unbranched alkanes of at least 4 members (excludes halogenated alkanes) is 2. The second-order valence-corrected chi connectivity index (χ2v) is 6.92. The van der Waals surface area contributed by atoms with Crippen molar-refractivity contribution in [2.75, 3.05) is 18.6 Å². The van der Waals surface area contributed by atoms with E-state index in [2.05, 4.69) is 58.3 Å². The number of ether oxygens (including phenoxy) is 1. The van der Waals surface area contributed by atoms with Crippen molar-refractivity contribution in [1.82, 2.24) is 5.32 Å². The lowest BCUT2D eigenvalue weighted by Gasteiger charge is -2.26. The Morgan fingerprint density at radius 3 is 2.56 bits per heavy atom. The Labute approximate surface area is 167 Å². The lowest BCUT2D eigenvalue weighted by atomic mass is 10.1. The molecule has 0 spiro atoms. The van der Waals surface area contributed by atoms with Crippen molar-refractivity contribution in [3.05, 3.63) is 65.7 Å². The van der Waals surface area contributed by atoms with E-state index in [0.29, 0.717) is 6.42 Å². The van der Waals surface area contributed by atoms with Gasteiger partial charge in [0, 0.05) is 18.7 Å². The highest BCUT2D eigenvalue weighted by molar-refractivity contribution is 7.80. The quantitative estimate of drug-likeness (QED) is 0.388. The molecule has 0 aliphatic heterocycles. The Bertz CT molecular complexity index is 734. The summed E-state index contributed by atoms with van der Waals surface area (Å²) in [7, 11) is 1.43. The topological polar surface area (TPSA) is 41.6 Å². The van der Waals surface area contributed by atoms with Crippen LogP contribution in [0.15, 0.2) is 54.6 Å². The third-order valence-electron chi connectivity index (χ3n) is 4.30. The first-order chi connectivity index (χ1) is 13.1. The van der Waals surface area contributed by atoms with Crippen molar-refractivity contribution in [2.24, 2.45) is 0 Å². The van der Waals surface area contributed by atoms with Crippen molar-refractivity contribution < 1.29 is 9.53 Å². The number of hydrogen-bond acceptors (Lipinski definition) is 3. The molecule has 1 N–H and O–H groups in total. The summed E-state index contributed by atoms with van der Waals surface area (Å²) in [5.41, 5.74) is 3.50. The Balaban J connectivity index is 1.92. The zero-order valence-electron chi connectivity index (χ0n) is 16.1. The molecule has 2 aromatic rings. The average Bonchev–Trinajstić information content (AvgIpc) is 2.69. The van der Waals surface area contributed by atoms with Crippen molar-refractivity contribution >= 4 is 29.0 Å². The molecule has 0 aliphatic rings. The van der Waals surface area contributed by atoms with Gasteiger partial charge in [0.1, 0.15) is 0 Å². The zero-order valence-corrected chi connectivity index (χ0v) is 16.9. The summed E-state index contributed by atoms with van der Waals surface area (Å²) in [5.74, 6) is -0.146. The standard InChI is InChI=1S/C22H28N2O2S/c1-18-10-9-13-20(16-18)24(17-19-11-5-3-6-12-19)22(27)23-15-8-4-7-14-21(25)26-2/h3,5-6,9-13,16H,4,7-8,14-15,17H2,1-2H3,(H,23,27). The van der Waals surface area contributed by atoms with Gasteiger partial charge in [0.25, 0.3) is 0 Å². The lowest BCUT2D eigenvalue weighted by Crippen LogP contribution is -2.39. The van der Waals surface area contributed by atoms with Crippen LogP contribution in [0.2, 0.25) is 0 Å². The number of hydrogen-bond donors (Lipinski definition) is 1. The summed E-state index contributed by atoms with van der Waals surface area (Å²) in [5, 5.41) is 4.08. The van der Waals surface area contributed by atoms with Gasteiger partial charge >= 0.3 is 5.97 Å². The van der Waals surface area contributed by atoms with Crippen molar-refractivity contribution in [2.45, 2.75) is 39.2 Å². The molecule has 0 aliphatic carbocycles. The van der Waals surface area contributed by atoms with E-state index in [1.807, 2.05) is 18.2 Å². The molecule has 144 valence electrons. The predicted octanol–water partition coefficient (Wildman–Crippen LogP) is 4.61. The van der Waals surface area contributed by atoms with E-state index < -0.39 is 0 Å². The van der Waals surface area contributed by atoms with E-state index in [1.54, 1.807) is 0 Å². The minimum Gasteiger partial charge on any atom is -0.469 e. The summed E-state index contributed by atoms with van der Waals surface area (Å²) in [6, 6.07) is 18.7. The minimum absolute atomic E-state index is 0.146. The molecule has 27 heavy (non-hydrogen) atoms. The fourth-order valence-electron chi connectivity index (χ4n) is 2.81. The van der Waals surface area contributed by atoms with Crippen LogP contribution in [0.25, 0.3) is 0 Å². The van der Waals surface area contributed by atoms with Crippen LogP contribution in [-0.2, 0) is 16.1 Å². The van der Waals surface area contributed by atoms with Crippen molar-refractivity contribution in [3.63, 3.8) is 0 Å². The number of rotatable bonds is 9. The number of benzene rings is 2. The van der Waals surface area contributed by atoms with Crippen LogP contribution >= 0.6 is 12.2 Å². The molecule has 0 fully saturated rings. The van der Waals surface area contributed by atoms with E-state index >= 15 is 0 Å². The van der Waals surface area contributed by atoms with E-state index in [-0.39, 0.29) is 5.97 Å². The Morgan fingerprint density at radius 2 is 1.85 bits per heavy atom. The van der Waals surface area contributed by atoms with Crippen LogP contribution in [0.4, 0.5) is 5.69 Å². The maximum Gasteiger partial charge on any atom is 0.305 e. The first-order valence-corrected chi connectivity index (χ1v) is 9.74. The van der Waals surface area contributed by atoms with Gasteiger partial charge in [0.2, 0.25) is 0 Å². The number of nitrogens with one attached hydrogen (secondary N) is 1. The third-order valence-corrected chi connectivity index (χ3v) is 4.67. The molecule has 5 heteroatoms. The summed E-state index contributed by atoms with van der Waals surface area (Å²) < 4.78 is 4.66. The lowest BCUT2D eigenvalue weighted by molar-refractivity contribution is -0.140. The van der Waals surface area contributed by atoms with Crippen LogP contribution in [0.1, 0.15) is 36.8 Å². The molecular weight excluding hydrogens is 356 g/mol. The van der Waals surface area contributed by atoms with Gasteiger partial charge in [-0.05, 0) is 55.2 Å². The van der Waals surface area contributed by atoms with Crippen molar-refractivity contribution in [3.8, 4) is 0 Å². The number of aryl methyl sites for hydroxylation is 1. The maximum atomic E-state index is 11.1. The van der Waals surface area contributed by atoms with Gasteiger partial charge in [-0.3, -0.25) is 4.79 Å². The third kappa shape index (κ3) is 7.39. The van der Waals surface area contributed by atoms with E-state index in [0.717, 1.165) is 43.2 Å². The second kappa shape index (κ2) is 11.3. The molecule has 0 radical (unpaired) electrons. The molecule has 4 nitrogen and oxygen atoms in total. The van der Waals surface area contributed by atoms with E-state index in [4.69, 9.17) is 12.2 Å². The Hall–Kier alpha value is -2.40. The van der Waals surface area contributed by atoms with E-state index in [1.165, 1.54) is 18.2 Å². The van der Waals surface area contributed by atoms with Crippen molar-refractivity contribution in [1.29, 1.82) is 0 Å². The van der Waals surface area contributed by atoms with Crippen LogP contribution in [0.3, 0.4) is 0 Å². The molecule has 0 amide bonds. The highest BCUT2D eigenvalue weighted by atomic mass is 32.1. The average molecular weight is 385 g/mol. The molecule has 0 bridgehead atoms. The fourth-order valence-corrected chi connectivity index (χ4v) is 3.08. The summed E-state index contributed by atoms with van der Waals surface area (Å²) >= 11 is 5.68. The summed E-state index contributed by atoms with van der Waals surface area (Å²) in [6.45, 7) is 3.59. The monoisotopic (exact) mass is 384 g/mol. The molecule has 2 rings (SSSR count). The molecule has 0 saturated heterocycles. The first kappa shape index (κ1) is 20.9. The predicted molar refractivity (Wildman–Crippen MR) is 115 cm³/mol. The number of methoxy groups -OCH3 is 1. The largest absolute Gasteiger partial charge is 0.469 e. The number of carbonyl (C=O) groups is 1. The van der Waals surface area contributed by atoms with Gasteiger partial charge in [-0.15, -0.1) is 0 Å². The number of anilines is 1. The summed E-state index contributed by atoms with van der Waals surface area (Å²) in [6.07, 6.45) is 3.25. The highest BCUT2D eigenvalue weighted by Crippen LogP contribution is 2.19. The number of esters is 1. The second-order valence-electron chi connectivity index (χ2n) is 6.53. The highest BCUT2D eigenvalue weighted by Gasteiger charge is 2.13. The molecule has 0 aromatic heterocycles. The van der Waals surface area contributed by atoms with Gasteiger partial charge in [-0.1, -0.05) is 48.9 Å². The Kier molecular flexibility index (Phi) is 8.78. The Morgan fingerprint density at radius 1 is 1.07 bits per heavy atom. The minimum atomic E-state index is -0.146. The molecule has 0 atom stereocenters. The maximum absolute atomic E-state index is 11.1. The number of carbonyl (C=O) groups excluding carboxylic acids is 1.